The molecule has 0 spiro atoms. The van der Waals surface area contributed by atoms with Gasteiger partial charge in [-0.1, -0.05) is 0 Å². The third-order valence-corrected chi connectivity index (χ3v) is 4.45. The van der Waals surface area contributed by atoms with Gasteiger partial charge in [-0.2, -0.15) is 0 Å². The van der Waals surface area contributed by atoms with Crippen LogP contribution in [0.25, 0.3) is 0 Å². The van der Waals surface area contributed by atoms with E-state index in [2.05, 4.69) is 0 Å². The van der Waals surface area contributed by atoms with Gasteiger partial charge in [-0.15, -0.1) is 0 Å². The number of hydrogen-bond donors (Lipinski definition) is 10. The minimum atomic E-state index is -3.33. The van der Waals surface area contributed by atoms with Gasteiger partial charge < -0.3 is 60.5 Å². The summed E-state index contributed by atoms with van der Waals surface area (Å²) in [5.41, 5.74) is 0. The first-order chi connectivity index (χ1) is 11.0. The van der Waals surface area contributed by atoms with Crippen LogP contribution in [0.4, 0.5) is 0 Å². The SMILES string of the molecule is OC[C@H]1OC(O)(C2(O)O[C@H](CO)[C@@H](O)[C@H](O)[C@H]2O)[C@H](O)[C@@H](O)[C@@H]1O. The second kappa shape index (κ2) is 6.68. The molecule has 0 aromatic rings. The highest BCUT2D eigenvalue weighted by atomic mass is 16.7. The van der Waals surface area contributed by atoms with Crippen molar-refractivity contribution < 1.29 is 60.5 Å². The van der Waals surface area contributed by atoms with E-state index in [-0.39, 0.29) is 0 Å². The first-order valence-electron chi connectivity index (χ1n) is 7.15. The zero-order valence-corrected chi connectivity index (χ0v) is 12.3. The molecule has 12 heteroatoms. The van der Waals surface area contributed by atoms with Crippen molar-refractivity contribution in [2.45, 2.75) is 60.4 Å². The molecular formula is C12H22O12. The van der Waals surface area contributed by atoms with Crippen LogP contribution >= 0.6 is 0 Å². The van der Waals surface area contributed by atoms with Crippen LogP contribution in [0.2, 0.25) is 0 Å². The van der Waals surface area contributed by atoms with Crippen LogP contribution in [0.5, 0.6) is 0 Å². The van der Waals surface area contributed by atoms with E-state index in [1.165, 1.54) is 0 Å². The van der Waals surface area contributed by atoms with Crippen molar-refractivity contribution in [1.82, 2.24) is 0 Å². The molecule has 2 unspecified atom stereocenters. The minimum absolute atomic E-state index is 0.950. The van der Waals surface area contributed by atoms with Crippen LogP contribution in [-0.4, -0.2) is 125 Å². The molecule has 2 fully saturated rings. The van der Waals surface area contributed by atoms with Gasteiger partial charge >= 0.3 is 0 Å². The summed E-state index contributed by atoms with van der Waals surface area (Å²) in [5.74, 6) is -6.65. The summed E-state index contributed by atoms with van der Waals surface area (Å²) in [6.07, 6.45) is -16.2. The third-order valence-electron chi connectivity index (χ3n) is 4.45. The molecule has 0 saturated carbocycles. The Morgan fingerprint density at radius 1 is 0.583 bits per heavy atom. The Hall–Kier alpha value is -0.480. The summed E-state index contributed by atoms with van der Waals surface area (Å²) >= 11 is 0. The molecule has 2 saturated heterocycles. The number of aliphatic hydroxyl groups excluding tert-OH is 8. The fourth-order valence-corrected chi connectivity index (χ4v) is 2.90. The highest BCUT2D eigenvalue weighted by molar-refractivity contribution is 5.09. The number of ether oxygens (including phenoxy) is 2. The molecule has 10 atom stereocenters. The topological polar surface area (TPSA) is 221 Å². The largest absolute Gasteiger partial charge is 0.394 e. The van der Waals surface area contributed by atoms with E-state index in [1.807, 2.05) is 0 Å². The molecule has 24 heavy (non-hydrogen) atoms. The van der Waals surface area contributed by atoms with Crippen molar-refractivity contribution in [3.05, 3.63) is 0 Å². The van der Waals surface area contributed by atoms with E-state index in [4.69, 9.17) is 19.7 Å². The monoisotopic (exact) mass is 358 g/mol. The van der Waals surface area contributed by atoms with E-state index < -0.39 is 73.6 Å². The predicted octanol–water partition coefficient (Wildman–Crippen LogP) is -6.69. The average Bonchev–Trinajstić information content (AvgIpc) is 2.57. The van der Waals surface area contributed by atoms with E-state index in [1.54, 1.807) is 0 Å². The minimum Gasteiger partial charge on any atom is -0.394 e. The lowest BCUT2D eigenvalue weighted by Gasteiger charge is -2.56. The van der Waals surface area contributed by atoms with Gasteiger partial charge in [0.25, 0.3) is 11.6 Å². The van der Waals surface area contributed by atoms with Crippen molar-refractivity contribution in [2.75, 3.05) is 13.2 Å². The summed E-state index contributed by atoms with van der Waals surface area (Å²) in [6.45, 7) is -1.90. The molecule has 2 rings (SSSR count). The van der Waals surface area contributed by atoms with Crippen LogP contribution < -0.4 is 0 Å². The normalized spacial score (nSPS) is 56.2. The Balaban J connectivity index is 2.45. The van der Waals surface area contributed by atoms with Crippen molar-refractivity contribution in [1.29, 1.82) is 0 Å². The van der Waals surface area contributed by atoms with Crippen molar-refractivity contribution >= 4 is 0 Å². The van der Waals surface area contributed by atoms with Gasteiger partial charge in [-0.3, -0.25) is 0 Å². The van der Waals surface area contributed by atoms with Gasteiger partial charge in [0.1, 0.15) is 48.8 Å². The predicted molar refractivity (Wildman–Crippen MR) is 69.9 cm³/mol. The van der Waals surface area contributed by atoms with Crippen molar-refractivity contribution in [3.63, 3.8) is 0 Å². The van der Waals surface area contributed by atoms with E-state index in [0.29, 0.717) is 0 Å². The smallest absolute Gasteiger partial charge is 0.254 e. The zero-order valence-electron chi connectivity index (χ0n) is 12.3. The lowest BCUT2D eigenvalue weighted by atomic mass is 9.80. The Morgan fingerprint density at radius 2 is 0.875 bits per heavy atom. The highest BCUT2D eigenvalue weighted by Crippen LogP contribution is 2.43. The molecule has 0 bridgehead atoms. The number of aliphatic hydroxyl groups is 10. The summed E-state index contributed by atoms with van der Waals surface area (Å²) in [7, 11) is 0. The lowest BCUT2D eigenvalue weighted by Crippen LogP contribution is -2.81. The lowest BCUT2D eigenvalue weighted by molar-refractivity contribution is -0.490. The van der Waals surface area contributed by atoms with Crippen LogP contribution in [0, 0.1) is 0 Å². The zero-order chi connectivity index (χ0) is 18.4. The summed E-state index contributed by atoms with van der Waals surface area (Å²) < 4.78 is 9.69. The van der Waals surface area contributed by atoms with Crippen LogP contribution in [0.1, 0.15) is 0 Å². The van der Waals surface area contributed by atoms with E-state index in [9.17, 15) is 40.9 Å². The molecule has 2 aliphatic heterocycles. The highest BCUT2D eigenvalue weighted by Gasteiger charge is 2.71. The van der Waals surface area contributed by atoms with Crippen LogP contribution in [0.3, 0.4) is 0 Å². The number of hydrogen-bond acceptors (Lipinski definition) is 12. The molecular weight excluding hydrogens is 336 g/mol. The van der Waals surface area contributed by atoms with E-state index >= 15 is 0 Å². The van der Waals surface area contributed by atoms with Gasteiger partial charge in [0, 0.05) is 0 Å². The Morgan fingerprint density at radius 3 is 1.12 bits per heavy atom. The Labute approximate surface area is 135 Å². The Kier molecular flexibility index (Phi) is 5.52. The molecule has 0 aromatic heterocycles. The molecule has 2 heterocycles. The van der Waals surface area contributed by atoms with E-state index in [0.717, 1.165) is 0 Å². The molecule has 0 amide bonds. The maximum atomic E-state index is 10.5. The summed E-state index contributed by atoms with van der Waals surface area (Å²) in [4.78, 5) is 0. The van der Waals surface area contributed by atoms with Gasteiger partial charge in [-0.25, -0.2) is 0 Å². The molecule has 0 radical (unpaired) electrons. The molecule has 0 aromatic carbocycles. The Bertz CT molecular complexity index is 406. The summed E-state index contributed by atoms with van der Waals surface area (Å²) in [6, 6.07) is 0. The van der Waals surface area contributed by atoms with Crippen LogP contribution in [-0.2, 0) is 9.47 Å². The fraction of sp³-hybridized carbons (Fsp3) is 1.00. The quantitative estimate of drug-likeness (QED) is 0.227. The molecule has 10 N–H and O–H groups in total. The van der Waals surface area contributed by atoms with Gasteiger partial charge in [0.15, 0.2) is 0 Å². The second-order valence-electron chi connectivity index (χ2n) is 5.92. The van der Waals surface area contributed by atoms with Gasteiger partial charge in [0.2, 0.25) is 0 Å². The third kappa shape index (κ3) is 2.65. The average molecular weight is 358 g/mol. The number of rotatable bonds is 3. The first kappa shape index (κ1) is 19.8. The molecule has 142 valence electrons. The maximum Gasteiger partial charge on any atom is 0.254 e. The fourth-order valence-electron chi connectivity index (χ4n) is 2.90. The van der Waals surface area contributed by atoms with Crippen LogP contribution in [0.15, 0.2) is 0 Å². The maximum absolute atomic E-state index is 10.5. The second-order valence-corrected chi connectivity index (χ2v) is 5.92. The van der Waals surface area contributed by atoms with Gasteiger partial charge in [0.05, 0.1) is 13.2 Å². The molecule has 12 nitrogen and oxygen atoms in total. The first-order valence-corrected chi connectivity index (χ1v) is 7.15. The summed E-state index contributed by atoms with van der Waals surface area (Å²) in [5, 5.41) is 98.3. The molecule has 2 aliphatic rings. The standard InChI is InChI=1S/C12H22O12/c13-1-3-5(15)7(17)9(19)11(21,23-3)12(22)10(20)8(18)6(16)4(2-14)24-12/h3-10,13-22H,1-2H2/t3-,4-,5-,6-,7+,8+,9-,10-,11?,12?/m1/s1. The van der Waals surface area contributed by atoms with Gasteiger partial charge in [-0.05, 0) is 0 Å². The van der Waals surface area contributed by atoms with Crippen molar-refractivity contribution in [3.8, 4) is 0 Å². The van der Waals surface area contributed by atoms with Crippen molar-refractivity contribution in [2.24, 2.45) is 0 Å². The molecule has 0 aliphatic carbocycles.